The van der Waals surface area contributed by atoms with E-state index in [9.17, 15) is 4.79 Å². The minimum absolute atomic E-state index is 0.220. The molecule has 1 aromatic heterocycles. The number of hydrogen-bond acceptors (Lipinski definition) is 4. The largest absolute Gasteiger partial charge is 0.352 e. The molecular weight excluding hydrogens is 288 g/mol. The van der Waals surface area contributed by atoms with Crippen LogP contribution in [0.4, 0.5) is 0 Å². The molecule has 0 radical (unpaired) electrons. The number of likely N-dealkylation sites (tertiary alicyclic amines) is 1. The zero-order valence-electron chi connectivity index (χ0n) is 14.2. The highest BCUT2D eigenvalue weighted by Crippen LogP contribution is 2.26. The maximum atomic E-state index is 12.6. The summed E-state index contributed by atoms with van der Waals surface area (Å²) in [7, 11) is 0. The number of piperidine rings is 1. The molecule has 0 saturated carbocycles. The molecule has 2 aliphatic heterocycles. The molecule has 0 aromatic carbocycles. The van der Waals surface area contributed by atoms with Gasteiger partial charge in [-0.3, -0.25) is 14.7 Å². The third kappa shape index (κ3) is 3.90. The number of hydrogen-bond donors (Lipinski definition) is 2. The molecule has 5 heteroatoms. The lowest BCUT2D eigenvalue weighted by Crippen LogP contribution is -2.53. The highest BCUT2D eigenvalue weighted by atomic mass is 16.2. The van der Waals surface area contributed by atoms with Gasteiger partial charge < -0.3 is 10.6 Å². The van der Waals surface area contributed by atoms with Gasteiger partial charge in [0.05, 0.1) is 11.1 Å². The molecule has 0 spiro atoms. The molecular formula is C18H28N4O. The predicted molar refractivity (Wildman–Crippen MR) is 90.8 cm³/mol. The van der Waals surface area contributed by atoms with Crippen LogP contribution in [0.3, 0.4) is 0 Å². The van der Waals surface area contributed by atoms with Gasteiger partial charge in [0.25, 0.3) is 0 Å². The zero-order valence-corrected chi connectivity index (χ0v) is 14.2. The lowest BCUT2D eigenvalue weighted by molar-refractivity contribution is -0.130. The van der Waals surface area contributed by atoms with E-state index in [-0.39, 0.29) is 11.3 Å². The molecule has 3 heterocycles. The normalized spacial score (nSPS) is 31.9. The van der Waals surface area contributed by atoms with E-state index in [0.717, 1.165) is 51.3 Å². The Morgan fingerprint density at radius 1 is 1.52 bits per heavy atom. The van der Waals surface area contributed by atoms with E-state index in [1.54, 1.807) is 0 Å². The second-order valence-corrected chi connectivity index (χ2v) is 7.39. The molecule has 2 N–H and O–H groups in total. The summed E-state index contributed by atoms with van der Waals surface area (Å²) in [5.41, 5.74) is 0.886. The van der Waals surface area contributed by atoms with Crippen molar-refractivity contribution >= 4 is 5.91 Å². The van der Waals surface area contributed by atoms with Gasteiger partial charge in [-0.15, -0.1) is 0 Å². The summed E-state index contributed by atoms with van der Waals surface area (Å²) in [6.45, 7) is 8.98. The van der Waals surface area contributed by atoms with E-state index in [1.165, 1.54) is 0 Å². The van der Waals surface area contributed by atoms with E-state index in [2.05, 4.69) is 40.4 Å². The second-order valence-electron chi connectivity index (χ2n) is 7.39. The molecule has 0 unspecified atom stereocenters. The van der Waals surface area contributed by atoms with Crippen LogP contribution < -0.4 is 10.6 Å². The van der Waals surface area contributed by atoms with Gasteiger partial charge in [-0.25, -0.2) is 0 Å². The maximum absolute atomic E-state index is 12.6. The van der Waals surface area contributed by atoms with Gasteiger partial charge in [0, 0.05) is 38.4 Å². The van der Waals surface area contributed by atoms with Gasteiger partial charge in [0.15, 0.2) is 0 Å². The Labute approximate surface area is 138 Å². The van der Waals surface area contributed by atoms with E-state index in [1.807, 2.05) is 18.3 Å². The molecule has 2 aliphatic rings. The fourth-order valence-electron chi connectivity index (χ4n) is 3.66. The molecule has 0 bridgehead atoms. The van der Waals surface area contributed by atoms with Gasteiger partial charge in [0.1, 0.15) is 0 Å². The van der Waals surface area contributed by atoms with Crippen LogP contribution in [0.1, 0.15) is 32.4 Å². The Balaban J connectivity index is 1.51. The number of carbonyl (C=O) groups excluding carboxylic acids is 1. The predicted octanol–water partition coefficient (Wildman–Crippen LogP) is 1.41. The van der Waals surface area contributed by atoms with E-state index < -0.39 is 0 Å². The van der Waals surface area contributed by atoms with Crippen LogP contribution in [-0.2, 0) is 11.3 Å². The number of nitrogens with one attached hydrogen (secondary N) is 2. The van der Waals surface area contributed by atoms with Crippen molar-refractivity contribution in [2.45, 2.75) is 39.3 Å². The quantitative estimate of drug-likeness (QED) is 0.882. The van der Waals surface area contributed by atoms with Crippen LogP contribution in [0.25, 0.3) is 0 Å². The van der Waals surface area contributed by atoms with Crippen molar-refractivity contribution in [2.75, 3.05) is 26.2 Å². The molecule has 2 fully saturated rings. The molecule has 1 amide bonds. The summed E-state index contributed by atoms with van der Waals surface area (Å²) in [4.78, 5) is 19.4. The molecule has 3 atom stereocenters. The number of carbonyl (C=O) groups is 1. The Kier molecular flexibility index (Phi) is 4.97. The maximum Gasteiger partial charge on any atom is 0.227 e. The standard InChI is InChI=1S/C18H28N4O/c1-14-11-22(12-15-5-3-4-8-20-15)10-6-16(14)21-17(23)18(2)7-9-19-13-18/h3-5,8,14,16,19H,6-7,9-13H2,1-2H3,(H,21,23)/t14-,16-,18-/m1/s1. The van der Waals surface area contributed by atoms with Crippen molar-refractivity contribution < 1.29 is 4.79 Å². The van der Waals surface area contributed by atoms with E-state index >= 15 is 0 Å². The summed E-state index contributed by atoms with van der Waals surface area (Å²) in [6.07, 6.45) is 3.80. The second kappa shape index (κ2) is 6.97. The number of amides is 1. The van der Waals surface area contributed by atoms with Crippen LogP contribution in [0, 0.1) is 11.3 Å². The molecule has 3 rings (SSSR count). The first kappa shape index (κ1) is 16.4. The first-order chi connectivity index (χ1) is 11.1. The van der Waals surface area contributed by atoms with Crippen molar-refractivity contribution in [1.29, 1.82) is 0 Å². The Bertz CT molecular complexity index is 527. The fourth-order valence-corrected chi connectivity index (χ4v) is 3.66. The number of pyridine rings is 1. The summed E-state index contributed by atoms with van der Waals surface area (Å²) in [5, 5.41) is 6.61. The number of rotatable bonds is 4. The van der Waals surface area contributed by atoms with Crippen molar-refractivity contribution in [3.63, 3.8) is 0 Å². The van der Waals surface area contributed by atoms with Crippen LogP contribution in [0.2, 0.25) is 0 Å². The average molecular weight is 316 g/mol. The molecule has 0 aliphatic carbocycles. The third-order valence-electron chi connectivity index (χ3n) is 5.33. The van der Waals surface area contributed by atoms with Crippen LogP contribution >= 0.6 is 0 Å². The minimum Gasteiger partial charge on any atom is -0.352 e. The summed E-state index contributed by atoms with van der Waals surface area (Å²) in [6, 6.07) is 6.35. The van der Waals surface area contributed by atoms with Gasteiger partial charge in [0.2, 0.25) is 5.91 Å². The fraction of sp³-hybridized carbons (Fsp3) is 0.667. The van der Waals surface area contributed by atoms with Crippen LogP contribution in [0.15, 0.2) is 24.4 Å². The summed E-state index contributed by atoms with van der Waals surface area (Å²) < 4.78 is 0. The van der Waals surface area contributed by atoms with Crippen LogP contribution in [0.5, 0.6) is 0 Å². The lowest BCUT2D eigenvalue weighted by Gasteiger charge is -2.38. The van der Waals surface area contributed by atoms with Gasteiger partial charge in [-0.1, -0.05) is 13.0 Å². The zero-order chi connectivity index (χ0) is 16.3. The van der Waals surface area contributed by atoms with Crippen LogP contribution in [-0.4, -0.2) is 48.0 Å². The van der Waals surface area contributed by atoms with Gasteiger partial charge >= 0.3 is 0 Å². The number of nitrogens with zero attached hydrogens (tertiary/aromatic N) is 2. The molecule has 126 valence electrons. The molecule has 23 heavy (non-hydrogen) atoms. The third-order valence-corrected chi connectivity index (χ3v) is 5.33. The average Bonchev–Trinajstić information content (AvgIpc) is 2.99. The highest BCUT2D eigenvalue weighted by molar-refractivity contribution is 5.83. The van der Waals surface area contributed by atoms with Crippen molar-refractivity contribution in [2.24, 2.45) is 11.3 Å². The first-order valence-corrected chi connectivity index (χ1v) is 8.71. The monoisotopic (exact) mass is 316 g/mol. The van der Waals surface area contributed by atoms with Gasteiger partial charge in [-0.05, 0) is 44.4 Å². The lowest BCUT2D eigenvalue weighted by atomic mass is 9.86. The smallest absolute Gasteiger partial charge is 0.227 e. The SMILES string of the molecule is C[C@@H]1CN(Cc2ccccn2)CC[C@H]1NC(=O)[C@]1(C)CCNC1. The molecule has 5 nitrogen and oxygen atoms in total. The van der Waals surface area contributed by atoms with Crippen molar-refractivity contribution in [3.05, 3.63) is 30.1 Å². The van der Waals surface area contributed by atoms with Crippen molar-refractivity contribution in [3.8, 4) is 0 Å². The van der Waals surface area contributed by atoms with E-state index in [4.69, 9.17) is 0 Å². The Morgan fingerprint density at radius 2 is 2.39 bits per heavy atom. The Morgan fingerprint density at radius 3 is 3.04 bits per heavy atom. The van der Waals surface area contributed by atoms with E-state index in [0.29, 0.717) is 12.0 Å². The Hall–Kier alpha value is -1.46. The summed E-state index contributed by atoms with van der Waals surface area (Å²) >= 11 is 0. The number of aromatic nitrogens is 1. The minimum atomic E-state index is -0.231. The topological polar surface area (TPSA) is 57.3 Å². The van der Waals surface area contributed by atoms with Gasteiger partial charge in [-0.2, -0.15) is 0 Å². The first-order valence-electron chi connectivity index (χ1n) is 8.71. The molecule has 1 aromatic rings. The highest BCUT2D eigenvalue weighted by Gasteiger charge is 2.38. The van der Waals surface area contributed by atoms with Crippen molar-refractivity contribution in [1.82, 2.24) is 20.5 Å². The molecule has 2 saturated heterocycles. The summed E-state index contributed by atoms with van der Waals surface area (Å²) in [5.74, 6) is 0.687.